The highest BCUT2D eigenvalue weighted by Crippen LogP contribution is 2.36. The van der Waals surface area contributed by atoms with Crippen LogP contribution in [-0.4, -0.2) is 37.3 Å². The van der Waals surface area contributed by atoms with E-state index in [1.807, 2.05) is 18.2 Å². The van der Waals surface area contributed by atoms with Crippen molar-refractivity contribution in [2.24, 2.45) is 0 Å². The number of aromatic nitrogens is 1. The number of amides is 1. The number of benzene rings is 1. The summed E-state index contributed by atoms with van der Waals surface area (Å²) in [5.41, 5.74) is 2.62. The Kier molecular flexibility index (Phi) is 4.18. The van der Waals surface area contributed by atoms with Crippen molar-refractivity contribution in [2.45, 2.75) is 6.42 Å². The first kappa shape index (κ1) is 15.2. The number of nitrogens with zero attached hydrogens (tertiary/aromatic N) is 1. The van der Waals surface area contributed by atoms with E-state index in [2.05, 4.69) is 21.7 Å². The van der Waals surface area contributed by atoms with Gasteiger partial charge < -0.3 is 20.1 Å². The third-order valence-corrected chi connectivity index (χ3v) is 4.88. The van der Waals surface area contributed by atoms with Crippen molar-refractivity contribution in [3.63, 3.8) is 0 Å². The van der Waals surface area contributed by atoms with Crippen LogP contribution in [0.2, 0.25) is 0 Å². The highest BCUT2D eigenvalue weighted by molar-refractivity contribution is 7.13. The monoisotopic (exact) mass is 343 g/mol. The molecule has 2 aliphatic rings. The molecule has 7 heteroatoms. The van der Waals surface area contributed by atoms with E-state index in [0.717, 1.165) is 35.8 Å². The zero-order valence-electron chi connectivity index (χ0n) is 13.0. The van der Waals surface area contributed by atoms with E-state index in [4.69, 9.17) is 9.47 Å². The van der Waals surface area contributed by atoms with Crippen molar-refractivity contribution < 1.29 is 14.3 Å². The number of hydrogen-bond acceptors (Lipinski definition) is 6. The second kappa shape index (κ2) is 6.62. The van der Waals surface area contributed by atoms with Gasteiger partial charge in [0, 0.05) is 24.0 Å². The minimum Gasteiger partial charge on any atom is -0.454 e. The van der Waals surface area contributed by atoms with E-state index < -0.39 is 0 Å². The Balaban J connectivity index is 1.44. The fourth-order valence-electron chi connectivity index (χ4n) is 2.65. The number of carbonyl (C=O) groups excluding carboxylic acids is 1. The van der Waals surface area contributed by atoms with Gasteiger partial charge in [0.25, 0.3) is 5.91 Å². The molecule has 0 saturated heterocycles. The summed E-state index contributed by atoms with van der Waals surface area (Å²) in [7, 11) is 0. The van der Waals surface area contributed by atoms with Crippen molar-refractivity contribution >= 4 is 17.2 Å². The Labute approximate surface area is 143 Å². The molecule has 2 aromatic rings. The summed E-state index contributed by atoms with van der Waals surface area (Å²) >= 11 is 1.44. The minimum atomic E-state index is -0.141. The van der Waals surface area contributed by atoms with Crippen LogP contribution in [0.3, 0.4) is 0 Å². The molecule has 6 nitrogen and oxygen atoms in total. The lowest BCUT2D eigenvalue weighted by molar-refractivity contribution is 0.0952. The third kappa shape index (κ3) is 3.13. The highest BCUT2D eigenvalue weighted by Gasteiger charge is 2.17. The van der Waals surface area contributed by atoms with Gasteiger partial charge in [-0.05, 0) is 31.2 Å². The van der Waals surface area contributed by atoms with Crippen LogP contribution in [0.25, 0.3) is 10.6 Å². The summed E-state index contributed by atoms with van der Waals surface area (Å²) in [4.78, 5) is 16.7. The maximum absolute atomic E-state index is 12.3. The zero-order chi connectivity index (χ0) is 16.4. The van der Waals surface area contributed by atoms with Crippen molar-refractivity contribution in [1.29, 1.82) is 0 Å². The molecule has 0 aliphatic carbocycles. The van der Waals surface area contributed by atoms with Crippen LogP contribution in [0.4, 0.5) is 0 Å². The van der Waals surface area contributed by atoms with Gasteiger partial charge in [0.1, 0.15) is 10.7 Å². The van der Waals surface area contributed by atoms with Gasteiger partial charge in [-0.3, -0.25) is 4.79 Å². The quantitative estimate of drug-likeness (QED) is 0.833. The van der Waals surface area contributed by atoms with Crippen LogP contribution in [0.1, 0.15) is 16.9 Å². The Morgan fingerprint density at radius 2 is 2.25 bits per heavy atom. The predicted molar refractivity (Wildman–Crippen MR) is 91.6 cm³/mol. The van der Waals surface area contributed by atoms with Crippen molar-refractivity contribution in [2.75, 3.05) is 26.4 Å². The average molecular weight is 343 g/mol. The predicted octanol–water partition coefficient (Wildman–Crippen LogP) is 2.19. The van der Waals surface area contributed by atoms with Gasteiger partial charge in [-0.2, -0.15) is 0 Å². The van der Waals surface area contributed by atoms with Crippen LogP contribution >= 0.6 is 11.3 Å². The lowest BCUT2D eigenvalue weighted by atomic mass is 10.1. The zero-order valence-corrected chi connectivity index (χ0v) is 13.8. The number of ether oxygens (including phenoxy) is 2. The summed E-state index contributed by atoms with van der Waals surface area (Å²) < 4.78 is 10.7. The Morgan fingerprint density at radius 1 is 1.33 bits per heavy atom. The lowest BCUT2D eigenvalue weighted by Crippen LogP contribution is -2.29. The van der Waals surface area contributed by atoms with E-state index in [9.17, 15) is 4.79 Å². The maximum Gasteiger partial charge on any atom is 0.271 e. The molecule has 0 radical (unpaired) electrons. The molecule has 4 rings (SSSR count). The van der Waals surface area contributed by atoms with Crippen LogP contribution in [0.5, 0.6) is 11.5 Å². The van der Waals surface area contributed by atoms with E-state index in [1.165, 1.54) is 16.9 Å². The normalized spacial score (nSPS) is 15.9. The molecule has 124 valence electrons. The van der Waals surface area contributed by atoms with Gasteiger partial charge in [0.15, 0.2) is 11.5 Å². The highest BCUT2D eigenvalue weighted by atomic mass is 32.1. The summed E-state index contributed by atoms with van der Waals surface area (Å²) in [5.74, 6) is 1.31. The molecule has 0 unspecified atom stereocenters. The molecular weight excluding hydrogens is 326 g/mol. The molecule has 2 aliphatic heterocycles. The second-order valence-electron chi connectivity index (χ2n) is 5.61. The molecule has 0 fully saturated rings. The molecular formula is C17H17N3O3S. The van der Waals surface area contributed by atoms with Gasteiger partial charge in [0.2, 0.25) is 6.79 Å². The van der Waals surface area contributed by atoms with Gasteiger partial charge in [0.05, 0.1) is 0 Å². The lowest BCUT2D eigenvalue weighted by Gasteiger charge is -2.14. The largest absolute Gasteiger partial charge is 0.454 e. The molecule has 0 bridgehead atoms. The van der Waals surface area contributed by atoms with Crippen LogP contribution < -0.4 is 20.1 Å². The number of fused-ring (bicyclic) bond motifs is 1. The number of rotatable bonds is 4. The standard InChI is InChI=1S/C17H17N3O3S/c21-16(19-8-11-3-5-18-6-4-11)13-9-24-17(20-13)12-1-2-14-15(7-12)23-10-22-14/h1-3,7,9,18H,4-6,8,10H2,(H,19,21). The maximum atomic E-state index is 12.3. The van der Waals surface area contributed by atoms with Crippen molar-refractivity contribution in [3.05, 3.63) is 40.9 Å². The fourth-order valence-corrected chi connectivity index (χ4v) is 3.45. The smallest absolute Gasteiger partial charge is 0.271 e. The third-order valence-electron chi connectivity index (χ3n) is 3.99. The van der Waals surface area contributed by atoms with Crippen LogP contribution in [-0.2, 0) is 0 Å². The summed E-state index contributed by atoms with van der Waals surface area (Å²) in [6, 6.07) is 5.68. The number of nitrogens with one attached hydrogen (secondary N) is 2. The molecule has 2 N–H and O–H groups in total. The molecule has 24 heavy (non-hydrogen) atoms. The molecule has 0 atom stereocenters. The SMILES string of the molecule is O=C(NCC1=CCNCC1)c1csc(-c2ccc3c(c2)OCO3)n1. The molecule has 1 amide bonds. The first-order valence-electron chi connectivity index (χ1n) is 7.82. The first-order valence-corrected chi connectivity index (χ1v) is 8.70. The fraction of sp³-hybridized carbons (Fsp3) is 0.294. The first-order chi connectivity index (χ1) is 11.8. The summed E-state index contributed by atoms with van der Waals surface area (Å²) in [6.07, 6.45) is 3.10. The van der Waals surface area contributed by atoms with Gasteiger partial charge in [-0.15, -0.1) is 11.3 Å². The molecule has 1 aromatic carbocycles. The van der Waals surface area contributed by atoms with Crippen LogP contribution in [0, 0.1) is 0 Å². The van der Waals surface area contributed by atoms with Gasteiger partial charge >= 0.3 is 0 Å². The van der Waals surface area contributed by atoms with Crippen molar-refractivity contribution in [1.82, 2.24) is 15.6 Å². The second-order valence-corrected chi connectivity index (χ2v) is 6.46. The number of hydrogen-bond donors (Lipinski definition) is 2. The molecule has 3 heterocycles. The van der Waals surface area contributed by atoms with Gasteiger partial charge in [-0.1, -0.05) is 11.6 Å². The molecule has 0 saturated carbocycles. The van der Waals surface area contributed by atoms with E-state index >= 15 is 0 Å². The number of thiazole rings is 1. The average Bonchev–Trinajstić information content (AvgIpc) is 3.29. The molecule has 1 aromatic heterocycles. The number of carbonyl (C=O) groups is 1. The Morgan fingerprint density at radius 3 is 3.12 bits per heavy atom. The Hall–Kier alpha value is -2.38. The minimum absolute atomic E-state index is 0.141. The van der Waals surface area contributed by atoms with E-state index in [-0.39, 0.29) is 12.7 Å². The van der Waals surface area contributed by atoms with Crippen molar-refractivity contribution in [3.8, 4) is 22.1 Å². The summed E-state index contributed by atoms with van der Waals surface area (Å²) in [5, 5.41) is 8.77. The Bertz CT molecular complexity index is 800. The van der Waals surface area contributed by atoms with Crippen LogP contribution in [0.15, 0.2) is 35.2 Å². The topological polar surface area (TPSA) is 72.5 Å². The van der Waals surface area contributed by atoms with E-state index in [1.54, 1.807) is 5.38 Å². The summed E-state index contributed by atoms with van der Waals surface area (Å²) in [6.45, 7) is 2.66. The van der Waals surface area contributed by atoms with E-state index in [0.29, 0.717) is 18.0 Å². The van der Waals surface area contributed by atoms with Gasteiger partial charge in [-0.25, -0.2) is 4.98 Å². The molecule has 0 spiro atoms.